The van der Waals surface area contributed by atoms with Gasteiger partial charge in [-0.15, -0.1) is 0 Å². The Morgan fingerprint density at radius 1 is 0.450 bits per heavy atom. The number of azide groups is 2. The molecule has 0 spiro atoms. The van der Waals surface area contributed by atoms with E-state index in [1.807, 2.05) is 0 Å². The molecule has 0 aliphatic heterocycles. The molecule has 0 aliphatic carbocycles. The molecule has 0 aromatic rings. The molecule has 6 heteroatoms. The second-order valence-corrected chi connectivity index (χ2v) is 5.15. The lowest BCUT2D eigenvalue weighted by Crippen LogP contribution is -1.84. The Morgan fingerprint density at radius 2 is 0.700 bits per heavy atom. The fourth-order valence-electron chi connectivity index (χ4n) is 2.22. The molecule has 0 radical (unpaired) electrons. The first-order chi connectivity index (χ1) is 9.91. The molecule has 0 saturated heterocycles. The van der Waals surface area contributed by atoms with Crippen molar-refractivity contribution in [2.24, 2.45) is 10.2 Å². The number of hydrogen-bond acceptors (Lipinski definition) is 2. The van der Waals surface area contributed by atoms with Crippen LogP contribution in [0.15, 0.2) is 10.2 Å². The van der Waals surface area contributed by atoms with Gasteiger partial charge in [0.1, 0.15) is 0 Å². The average molecular weight is 280 g/mol. The lowest BCUT2D eigenvalue weighted by Gasteiger charge is -2.02. The molecule has 0 aromatic heterocycles. The first-order valence-electron chi connectivity index (χ1n) is 7.93. The molecule has 0 aromatic carbocycles. The Hall–Kier alpha value is -1.38. The van der Waals surface area contributed by atoms with Crippen molar-refractivity contribution in [2.45, 2.75) is 77.0 Å². The summed E-state index contributed by atoms with van der Waals surface area (Å²) >= 11 is 0. The van der Waals surface area contributed by atoms with Crippen molar-refractivity contribution < 1.29 is 0 Å². The summed E-state index contributed by atoms with van der Waals surface area (Å²) in [5.41, 5.74) is 16.2. The van der Waals surface area contributed by atoms with Gasteiger partial charge in [0.05, 0.1) is 0 Å². The predicted molar refractivity (Wildman–Crippen MR) is 83.4 cm³/mol. The summed E-state index contributed by atoms with van der Waals surface area (Å²) < 4.78 is 0. The third-order valence-corrected chi connectivity index (χ3v) is 3.39. The molecule has 114 valence electrons. The van der Waals surface area contributed by atoms with Crippen LogP contribution in [0.2, 0.25) is 0 Å². The largest absolute Gasteiger partial charge is 0.0940 e. The van der Waals surface area contributed by atoms with E-state index in [0.29, 0.717) is 13.1 Å². The van der Waals surface area contributed by atoms with Crippen LogP contribution in [0.5, 0.6) is 0 Å². The Bertz CT molecular complexity index is 262. The minimum absolute atomic E-state index is 0.649. The summed E-state index contributed by atoms with van der Waals surface area (Å²) in [5, 5.41) is 7.06. The van der Waals surface area contributed by atoms with Crippen LogP contribution < -0.4 is 0 Å². The van der Waals surface area contributed by atoms with Gasteiger partial charge in [-0.25, -0.2) is 0 Å². The molecule has 0 rings (SSSR count). The highest BCUT2D eigenvalue weighted by Gasteiger charge is 1.93. The zero-order valence-corrected chi connectivity index (χ0v) is 12.6. The van der Waals surface area contributed by atoms with Gasteiger partial charge >= 0.3 is 0 Å². The van der Waals surface area contributed by atoms with Crippen molar-refractivity contribution in [1.29, 1.82) is 0 Å². The summed E-state index contributed by atoms with van der Waals surface area (Å²) in [5.74, 6) is 0. The maximum atomic E-state index is 8.12. The molecule has 20 heavy (non-hydrogen) atoms. The normalized spacial score (nSPS) is 9.80. The van der Waals surface area contributed by atoms with E-state index in [2.05, 4.69) is 20.1 Å². The van der Waals surface area contributed by atoms with Gasteiger partial charge in [0.15, 0.2) is 0 Å². The van der Waals surface area contributed by atoms with Crippen molar-refractivity contribution in [2.75, 3.05) is 13.1 Å². The molecule has 0 saturated carbocycles. The Kier molecular flexibility index (Phi) is 16.4. The van der Waals surface area contributed by atoms with Crippen molar-refractivity contribution in [1.82, 2.24) is 0 Å². The SMILES string of the molecule is [N-]=[N+]=NCCCCCCCCCCCCCCN=[N+]=[N-]. The highest BCUT2D eigenvalue weighted by atomic mass is 15.1. The monoisotopic (exact) mass is 280 g/mol. The molecule has 0 heterocycles. The second kappa shape index (κ2) is 17.6. The Labute approximate surface area is 122 Å². The van der Waals surface area contributed by atoms with Crippen molar-refractivity contribution in [3.63, 3.8) is 0 Å². The predicted octanol–water partition coefficient (Wildman–Crippen LogP) is 6.29. The number of nitrogens with zero attached hydrogens (tertiary/aromatic N) is 6. The zero-order chi connectivity index (χ0) is 14.7. The fourth-order valence-corrected chi connectivity index (χ4v) is 2.22. The van der Waals surface area contributed by atoms with E-state index in [1.54, 1.807) is 0 Å². The van der Waals surface area contributed by atoms with Crippen LogP contribution in [0.25, 0.3) is 20.9 Å². The molecule has 0 amide bonds. The summed E-state index contributed by atoms with van der Waals surface area (Å²) in [6.07, 6.45) is 14.9. The number of hydrogen-bond donors (Lipinski definition) is 0. The van der Waals surface area contributed by atoms with Crippen molar-refractivity contribution in [3.8, 4) is 0 Å². The highest BCUT2D eigenvalue weighted by molar-refractivity contribution is 4.52. The van der Waals surface area contributed by atoms with E-state index in [0.717, 1.165) is 12.8 Å². The van der Waals surface area contributed by atoms with E-state index < -0.39 is 0 Å². The summed E-state index contributed by atoms with van der Waals surface area (Å²) in [4.78, 5) is 5.49. The summed E-state index contributed by atoms with van der Waals surface area (Å²) in [7, 11) is 0. The molecule has 0 fully saturated rings. The fraction of sp³-hybridized carbons (Fsp3) is 1.00. The van der Waals surface area contributed by atoms with E-state index in [1.165, 1.54) is 64.2 Å². The highest BCUT2D eigenvalue weighted by Crippen LogP contribution is 2.12. The average Bonchev–Trinajstić information content (AvgIpc) is 2.47. The van der Waals surface area contributed by atoms with Gasteiger partial charge in [-0.3, -0.25) is 0 Å². The van der Waals surface area contributed by atoms with Gasteiger partial charge < -0.3 is 0 Å². The van der Waals surface area contributed by atoms with Crippen LogP contribution in [-0.4, -0.2) is 13.1 Å². The molecule has 0 aliphatic rings. The Morgan fingerprint density at radius 3 is 0.950 bits per heavy atom. The summed E-state index contributed by atoms with van der Waals surface area (Å²) in [6.45, 7) is 1.30. The molecule has 0 atom stereocenters. The first kappa shape index (κ1) is 18.6. The first-order valence-corrected chi connectivity index (χ1v) is 7.93. The quantitative estimate of drug-likeness (QED) is 0.146. The smallest absolute Gasteiger partial charge is 0.0257 e. The van der Waals surface area contributed by atoms with Gasteiger partial charge in [-0.2, -0.15) is 0 Å². The van der Waals surface area contributed by atoms with Crippen LogP contribution in [0, 0.1) is 0 Å². The Balaban J connectivity index is 2.99. The molecular formula is C14H28N6. The van der Waals surface area contributed by atoms with Crippen LogP contribution >= 0.6 is 0 Å². The zero-order valence-electron chi connectivity index (χ0n) is 12.6. The van der Waals surface area contributed by atoms with Crippen molar-refractivity contribution in [3.05, 3.63) is 20.9 Å². The van der Waals surface area contributed by atoms with E-state index in [9.17, 15) is 0 Å². The lowest BCUT2D eigenvalue weighted by molar-refractivity contribution is 0.542. The van der Waals surface area contributed by atoms with Gasteiger partial charge in [-0.1, -0.05) is 74.4 Å². The lowest BCUT2D eigenvalue weighted by atomic mass is 10.1. The molecule has 0 unspecified atom stereocenters. The van der Waals surface area contributed by atoms with Gasteiger partial charge in [0, 0.05) is 22.9 Å². The maximum absolute atomic E-state index is 8.12. The van der Waals surface area contributed by atoms with E-state index >= 15 is 0 Å². The third kappa shape index (κ3) is 16.6. The molecule has 0 N–H and O–H groups in total. The van der Waals surface area contributed by atoms with Crippen LogP contribution in [0.3, 0.4) is 0 Å². The van der Waals surface area contributed by atoms with E-state index in [-0.39, 0.29) is 0 Å². The molecule has 6 nitrogen and oxygen atoms in total. The minimum atomic E-state index is 0.649. The van der Waals surface area contributed by atoms with Crippen LogP contribution in [-0.2, 0) is 0 Å². The third-order valence-electron chi connectivity index (χ3n) is 3.39. The maximum Gasteiger partial charge on any atom is 0.0257 e. The number of rotatable bonds is 15. The molecular weight excluding hydrogens is 252 g/mol. The van der Waals surface area contributed by atoms with Gasteiger partial charge in [0.2, 0.25) is 0 Å². The molecule has 0 bridgehead atoms. The van der Waals surface area contributed by atoms with Crippen LogP contribution in [0.4, 0.5) is 0 Å². The standard InChI is InChI=1S/C14H28N6/c15-19-17-13-11-9-7-5-3-1-2-4-6-8-10-12-14-18-20-16/h1-14H2. The van der Waals surface area contributed by atoms with Gasteiger partial charge in [0.25, 0.3) is 0 Å². The second-order valence-electron chi connectivity index (χ2n) is 5.15. The van der Waals surface area contributed by atoms with E-state index in [4.69, 9.17) is 11.1 Å². The van der Waals surface area contributed by atoms with Gasteiger partial charge in [-0.05, 0) is 23.9 Å². The van der Waals surface area contributed by atoms with Crippen molar-refractivity contribution >= 4 is 0 Å². The number of unbranched alkanes of at least 4 members (excludes halogenated alkanes) is 11. The summed E-state index contributed by atoms with van der Waals surface area (Å²) in [6, 6.07) is 0. The topological polar surface area (TPSA) is 97.5 Å². The minimum Gasteiger partial charge on any atom is -0.0940 e. The van der Waals surface area contributed by atoms with Crippen LogP contribution in [0.1, 0.15) is 77.0 Å².